The highest BCUT2D eigenvalue weighted by Crippen LogP contribution is 2.28. The van der Waals surface area contributed by atoms with E-state index in [1.54, 1.807) is 26.4 Å². The van der Waals surface area contributed by atoms with Gasteiger partial charge in [-0.3, -0.25) is 4.79 Å². The molecule has 7 heteroatoms. The summed E-state index contributed by atoms with van der Waals surface area (Å²) in [5.74, 6) is 3.11. The summed E-state index contributed by atoms with van der Waals surface area (Å²) < 4.78 is 19.0. The number of methoxy groups -OCH3 is 2. The van der Waals surface area contributed by atoms with E-state index in [4.69, 9.17) is 19.2 Å². The SMILES string of the molecule is C=CCc1ccc(OCCCCn2c(CCCNC(=O)c3cccc(OC)c3)nc3ccccc32)c(OC)c1. The standard InChI is InChI=1S/C32H37N3O4/c1-4-11-24-17-18-29(30(22-24)38-3)39-21-8-7-20-35-28-15-6-5-14-27(28)34-31(35)16-10-19-33-32(36)25-12-9-13-26(23-25)37-2/h4-6,9,12-15,17-18,22-23H,1,7-8,10-11,16,19-21H2,2-3H3,(H,33,36). The van der Waals surface area contributed by atoms with Crippen LogP contribution in [0.15, 0.2) is 79.4 Å². The van der Waals surface area contributed by atoms with Gasteiger partial charge in [0.1, 0.15) is 11.6 Å². The van der Waals surface area contributed by atoms with E-state index in [0.717, 1.165) is 72.6 Å². The monoisotopic (exact) mass is 527 g/mol. The van der Waals surface area contributed by atoms with Crippen LogP contribution in [0.25, 0.3) is 11.0 Å². The molecule has 4 aromatic rings. The van der Waals surface area contributed by atoms with Gasteiger partial charge in [-0.05, 0) is 73.7 Å². The highest BCUT2D eigenvalue weighted by atomic mass is 16.5. The molecule has 39 heavy (non-hydrogen) atoms. The molecule has 1 amide bonds. The number of rotatable bonds is 15. The lowest BCUT2D eigenvalue weighted by molar-refractivity contribution is 0.0952. The summed E-state index contributed by atoms with van der Waals surface area (Å²) in [6, 6.07) is 21.4. The second-order valence-corrected chi connectivity index (χ2v) is 9.29. The molecule has 0 aliphatic carbocycles. The Labute approximate surface area is 230 Å². The van der Waals surface area contributed by atoms with Gasteiger partial charge in [0.2, 0.25) is 0 Å². The number of aromatic nitrogens is 2. The Morgan fingerprint density at radius 1 is 0.974 bits per heavy atom. The zero-order chi connectivity index (χ0) is 27.5. The molecule has 204 valence electrons. The quantitative estimate of drug-likeness (QED) is 0.152. The third-order valence-electron chi connectivity index (χ3n) is 6.57. The van der Waals surface area contributed by atoms with Crippen molar-refractivity contribution in [2.75, 3.05) is 27.4 Å². The van der Waals surface area contributed by atoms with Gasteiger partial charge in [0.05, 0.1) is 31.9 Å². The maximum absolute atomic E-state index is 12.5. The number of amides is 1. The van der Waals surface area contributed by atoms with E-state index in [1.165, 1.54) is 0 Å². The summed E-state index contributed by atoms with van der Waals surface area (Å²) in [5, 5.41) is 3.01. The molecular weight excluding hydrogens is 490 g/mol. The van der Waals surface area contributed by atoms with Gasteiger partial charge in [-0.1, -0.05) is 30.3 Å². The van der Waals surface area contributed by atoms with Crippen LogP contribution in [-0.4, -0.2) is 42.8 Å². The lowest BCUT2D eigenvalue weighted by Gasteiger charge is -2.13. The molecule has 0 aliphatic rings. The number of ether oxygens (including phenoxy) is 3. The Morgan fingerprint density at radius 2 is 1.85 bits per heavy atom. The Morgan fingerprint density at radius 3 is 2.67 bits per heavy atom. The lowest BCUT2D eigenvalue weighted by Crippen LogP contribution is -2.25. The van der Waals surface area contributed by atoms with Crippen LogP contribution in [-0.2, 0) is 19.4 Å². The highest BCUT2D eigenvalue weighted by Gasteiger charge is 2.12. The van der Waals surface area contributed by atoms with E-state index >= 15 is 0 Å². The number of imidazole rings is 1. The molecule has 0 aliphatic heterocycles. The number of aryl methyl sites for hydroxylation is 2. The van der Waals surface area contributed by atoms with Crippen LogP contribution >= 0.6 is 0 Å². The molecule has 0 fully saturated rings. The second kappa shape index (κ2) is 14.0. The number of allylic oxidation sites excluding steroid dienone is 1. The molecule has 0 atom stereocenters. The normalized spacial score (nSPS) is 10.8. The van der Waals surface area contributed by atoms with Crippen LogP contribution in [0.1, 0.15) is 41.0 Å². The average Bonchev–Trinajstić information content (AvgIpc) is 3.32. The first-order valence-electron chi connectivity index (χ1n) is 13.4. The van der Waals surface area contributed by atoms with Crippen LogP contribution < -0.4 is 19.5 Å². The second-order valence-electron chi connectivity index (χ2n) is 9.29. The molecular formula is C32H37N3O4. The number of unbranched alkanes of at least 4 members (excludes halogenated alkanes) is 1. The van der Waals surface area contributed by atoms with Crippen LogP contribution in [0.2, 0.25) is 0 Å². The number of benzene rings is 3. The highest BCUT2D eigenvalue weighted by molar-refractivity contribution is 5.94. The molecule has 1 heterocycles. The van der Waals surface area contributed by atoms with E-state index in [0.29, 0.717) is 24.5 Å². The zero-order valence-corrected chi connectivity index (χ0v) is 22.8. The van der Waals surface area contributed by atoms with E-state index in [1.807, 2.05) is 54.6 Å². The Kier molecular flexibility index (Phi) is 10.0. The number of para-hydroxylation sites is 2. The molecule has 0 radical (unpaired) electrons. The van der Waals surface area contributed by atoms with E-state index in [2.05, 4.69) is 22.5 Å². The summed E-state index contributed by atoms with van der Waals surface area (Å²) in [6.07, 6.45) is 6.10. The van der Waals surface area contributed by atoms with Crippen LogP contribution in [0.3, 0.4) is 0 Å². The zero-order valence-electron chi connectivity index (χ0n) is 22.8. The lowest BCUT2D eigenvalue weighted by atomic mass is 10.1. The third-order valence-corrected chi connectivity index (χ3v) is 6.57. The Balaban J connectivity index is 1.29. The summed E-state index contributed by atoms with van der Waals surface area (Å²) in [4.78, 5) is 17.4. The van der Waals surface area contributed by atoms with Crippen molar-refractivity contribution in [2.24, 2.45) is 0 Å². The van der Waals surface area contributed by atoms with Crippen molar-refractivity contribution in [2.45, 2.75) is 38.6 Å². The van der Waals surface area contributed by atoms with Gasteiger partial charge in [-0.2, -0.15) is 0 Å². The molecule has 0 saturated heterocycles. The fraction of sp³-hybridized carbons (Fsp3) is 0.312. The van der Waals surface area contributed by atoms with Crippen molar-refractivity contribution in [1.82, 2.24) is 14.9 Å². The predicted octanol–water partition coefficient (Wildman–Crippen LogP) is 6.00. The van der Waals surface area contributed by atoms with Gasteiger partial charge in [0.25, 0.3) is 5.91 Å². The Bertz CT molecular complexity index is 1400. The van der Waals surface area contributed by atoms with Gasteiger partial charge in [-0.25, -0.2) is 4.98 Å². The first-order valence-corrected chi connectivity index (χ1v) is 13.4. The molecule has 0 spiro atoms. The van der Waals surface area contributed by atoms with Crippen LogP contribution in [0.5, 0.6) is 17.2 Å². The number of nitrogens with one attached hydrogen (secondary N) is 1. The van der Waals surface area contributed by atoms with Gasteiger partial charge < -0.3 is 24.1 Å². The number of fused-ring (bicyclic) bond motifs is 1. The number of nitrogens with zero attached hydrogens (tertiary/aromatic N) is 2. The molecule has 3 aromatic carbocycles. The van der Waals surface area contributed by atoms with Gasteiger partial charge in [0, 0.05) is 25.1 Å². The minimum Gasteiger partial charge on any atom is -0.497 e. The summed E-state index contributed by atoms with van der Waals surface area (Å²) in [7, 11) is 3.26. The van der Waals surface area contributed by atoms with Crippen molar-refractivity contribution in [1.29, 1.82) is 0 Å². The number of carbonyl (C=O) groups excluding carboxylic acids is 1. The van der Waals surface area contributed by atoms with Crippen LogP contribution in [0, 0.1) is 0 Å². The first kappa shape index (κ1) is 27.8. The fourth-order valence-corrected chi connectivity index (χ4v) is 4.56. The van der Waals surface area contributed by atoms with Gasteiger partial charge in [-0.15, -0.1) is 6.58 Å². The van der Waals surface area contributed by atoms with E-state index < -0.39 is 0 Å². The topological polar surface area (TPSA) is 74.6 Å². The summed E-state index contributed by atoms with van der Waals surface area (Å²) in [5.41, 5.74) is 3.87. The Hall–Kier alpha value is -4.26. The average molecular weight is 528 g/mol. The van der Waals surface area contributed by atoms with Crippen molar-refractivity contribution in [3.63, 3.8) is 0 Å². The largest absolute Gasteiger partial charge is 0.497 e. The maximum Gasteiger partial charge on any atom is 0.251 e. The fourth-order valence-electron chi connectivity index (χ4n) is 4.56. The molecule has 1 aromatic heterocycles. The van der Waals surface area contributed by atoms with E-state index in [-0.39, 0.29) is 5.91 Å². The summed E-state index contributed by atoms with van der Waals surface area (Å²) >= 11 is 0. The molecule has 1 N–H and O–H groups in total. The number of carbonyl (C=O) groups is 1. The number of hydrogen-bond donors (Lipinski definition) is 1. The van der Waals surface area contributed by atoms with Gasteiger partial charge >= 0.3 is 0 Å². The minimum absolute atomic E-state index is 0.102. The van der Waals surface area contributed by atoms with Crippen molar-refractivity contribution in [3.05, 3.63) is 96.3 Å². The number of hydrogen-bond acceptors (Lipinski definition) is 5. The minimum atomic E-state index is -0.102. The summed E-state index contributed by atoms with van der Waals surface area (Å²) in [6.45, 7) is 5.82. The molecule has 4 rings (SSSR count). The predicted molar refractivity (Wildman–Crippen MR) is 155 cm³/mol. The maximum atomic E-state index is 12.5. The molecule has 0 unspecified atom stereocenters. The third kappa shape index (κ3) is 7.41. The van der Waals surface area contributed by atoms with E-state index in [9.17, 15) is 4.79 Å². The van der Waals surface area contributed by atoms with Crippen molar-refractivity contribution >= 4 is 16.9 Å². The molecule has 0 saturated carbocycles. The molecule has 0 bridgehead atoms. The first-order chi connectivity index (χ1) is 19.1. The molecule has 7 nitrogen and oxygen atoms in total. The smallest absolute Gasteiger partial charge is 0.251 e. The van der Waals surface area contributed by atoms with Crippen molar-refractivity contribution < 1.29 is 19.0 Å². The van der Waals surface area contributed by atoms with Gasteiger partial charge in [0.15, 0.2) is 11.5 Å². The van der Waals surface area contributed by atoms with Crippen molar-refractivity contribution in [3.8, 4) is 17.2 Å². The van der Waals surface area contributed by atoms with Crippen LogP contribution in [0.4, 0.5) is 0 Å².